The number of nitrogens with zero attached hydrogens (tertiary/aromatic N) is 4. The maximum Gasteiger partial charge on any atom is 0.263 e. The molecule has 0 bridgehead atoms. The molecule has 0 spiro atoms. The van der Waals surface area contributed by atoms with Gasteiger partial charge < -0.3 is 9.47 Å². The zero-order chi connectivity index (χ0) is 19.8. The summed E-state index contributed by atoms with van der Waals surface area (Å²) < 4.78 is 10.5. The summed E-state index contributed by atoms with van der Waals surface area (Å²) in [6, 6.07) is 10.5. The summed E-state index contributed by atoms with van der Waals surface area (Å²) in [5, 5.41) is 10.1. The summed E-state index contributed by atoms with van der Waals surface area (Å²) >= 11 is 6.21. The van der Waals surface area contributed by atoms with Crippen molar-refractivity contribution in [2.24, 2.45) is 10.3 Å². The van der Waals surface area contributed by atoms with Crippen molar-refractivity contribution in [2.75, 3.05) is 19.1 Å². The molecule has 2 aliphatic rings. The average molecular weight is 401 g/mol. The molecule has 0 aliphatic carbocycles. The Kier molecular flexibility index (Phi) is 4.64. The second-order valence-corrected chi connectivity index (χ2v) is 6.74. The lowest BCUT2D eigenvalue weighted by molar-refractivity contribution is -0.123. The molecule has 1 fully saturated rings. The third-order valence-electron chi connectivity index (χ3n) is 4.77. The second kappa shape index (κ2) is 7.12. The Morgan fingerprint density at radius 2 is 1.79 bits per heavy atom. The number of benzene rings is 2. The molecule has 2 amide bonds. The fourth-order valence-corrected chi connectivity index (χ4v) is 3.57. The molecule has 0 saturated carbocycles. The highest BCUT2D eigenvalue weighted by Gasteiger charge is 2.54. The number of amides is 2. The van der Waals surface area contributed by atoms with Crippen LogP contribution in [-0.4, -0.2) is 43.1 Å². The molecule has 0 aromatic heterocycles. The Morgan fingerprint density at radius 1 is 1.04 bits per heavy atom. The minimum absolute atomic E-state index is 0.281. The Hall–Kier alpha value is -3.13. The molecule has 9 heteroatoms. The van der Waals surface area contributed by atoms with Crippen molar-refractivity contribution >= 4 is 29.1 Å². The maximum absolute atomic E-state index is 13.1. The number of carbonyl (C=O) groups is 2. The number of hydrogen-bond acceptors (Lipinski definition) is 7. The summed E-state index contributed by atoms with van der Waals surface area (Å²) in [7, 11) is 3.00. The molecular weight excluding hydrogens is 384 g/mol. The highest BCUT2D eigenvalue weighted by Crippen LogP contribution is 2.37. The summed E-state index contributed by atoms with van der Waals surface area (Å²) in [4.78, 5) is 27.0. The van der Waals surface area contributed by atoms with Crippen LogP contribution >= 0.6 is 11.6 Å². The van der Waals surface area contributed by atoms with Crippen molar-refractivity contribution in [3.05, 3.63) is 53.1 Å². The van der Waals surface area contributed by atoms with Gasteiger partial charge in [-0.25, -0.2) is 4.90 Å². The third-order valence-corrected chi connectivity index (χ3v) is 5.14. The second-order valence-electron chi connectivity index (χ2n) is 6.33. The summed E-state index contributed by atoms with van der Waals surface area (Å²) in [6.45, 7) is 0.281. The van der Waals surface area contributed by atoms with Crippen LogP contribution in [0.2, 0.25) is 5.02 Å². The molecule has 2 heterocycles. The standard InChI is InChI=1S/C19H17ClN4O4/c1-27-14-8-7-12(9-15(14)28-2)24-18(25)16-17(19(24)26)23(22-21-16)10-11-5-3-4-6-13(11)20/h3-9,16-17H,10H2,1-2H3/t16-,17-/m0/s1. The van der Waals surface area contributed by atoms with Gasteiger partial charge in [-0.15, -0.1) is 0 Å². The molecule has 28 heavy (non-hydrogen) atoms. The number of fused-ring (bicyclic) bond motifs is 1. The zero-order valence-corrected chi connectivity index (χ0v) is 16.0. The van der Waals surface area contributed by atoms with Crippen LogP contribution in [0.5, 0.6) is 11.5 Å². The van der Waals surface area contributed by atoms with Gasteiger partial charge in [0.25, 0.3) is 11.8 Å². The minimum atomic E-state index is -0.872. The van der Waals surface area contributed by atoms with Crippen molar-refractivity contribution in [2.45, 2.75) is 18.6 Å². The van der Waals surface area contributed by atoms with Gasteiger partial charge in [0.1, 0.15) is 0 Å². The molecule has 4 rings (SSSR count). The van der Waals surface area contributed by atoms with Gasteiger partial charge in [0.15, 0.2) is 23.6 Å². The molecular formula is C19H17ClN4O4. The van der Waals surface area contributed by atoms with E-state index in [0.29, 0.717) is 22.2 Å². The predicted molar refractivity (Wildman–Crippen MR) is 101 cm³/mol. The summed E-state index contributed by atoms with van der Waals surface area (Å²) in [5.41, 5.74) is 1.20. The Morgan fingerprint density at radius 3 is 2.50 bits per heavy atom. The first-order valence-corrected chi connectivity index (χ1v) is 8.93. The molecule has 8 nitrogen and oxygen atoms in total. The van der Waals surface area contributed by atoms with E-state index in [1.807, 2.05) is 18.2 Å². The number of rotatable bonds is 5. The number of imide groups is 1. The molecule has 2 aliphatic heterocycles. The molecule has 2 aromatic rings. The minimum Gasteiger partial charge on any atom is -0.493 e. The predicted octanol–water partition coefficient (Wildman–Crippen LogP) is 2.85. The van der Waals surface area contributed by atoms with E-state index >= 15 is 0 Å². The van der Waals surface area contributed by atoms with Gasteiger partial charge in [0.05, 0.1) is 26.5 Å². The maximum atomic E-state index is 13.1. The molecule has 2 aromatic carbocycles. The summed E-state index contributed by atoms with van der Waals surface area (Å²) in [5.74, 6) is 0.115. The highest BCUT2D eigenvalue weighted by molar-refractivity contribution is 6.31. The van der Waals surface area contributed by atoms with Crippen LogP contribution in [-0.2, 0) is 16.1 Å². The van der Waals surface area contributed by atoms with Crippen molar-refractivity contribution in [1.29, 1.82) is 0 Å². The van der Waals surface area contributed by atoms with Crippen LogP contribution in [0.15, 0.2) is 52.8 Å². The Balaban J connectivity index is 1.62. The van der Waals surface area contributed by atoms with Crippen LogP contribution in [0.3, 0.4) is 0 Å². The molecule has 144 valence electrons. The van der Waals surface area contributed by atoms with Crippen molar-refractivity contribution in [3.63, 3.8) is 0 Å². The smallest absolute Gasteiger partial charge is 0.263 e. The van der Waals surface area contributed by atoms with E-state index in [9.17, 15) is 9.59 Å². The third kappa shape index (κ3) is 2.86. The van der Waals surface area contributed by atoms with Gasteiger partial charge in [0.2, 0.25) is 0 Å². The van der Waals surface area contributed by atoms with E-state index in [2.05, 4.69) is 10.3 Å². The zero-order valence-electron chi connectivity index (χ0n) is 15.2. The number of carbonyl (C=O) groups excluding carboxylic acids is 2. The quantitative estimate of drug-likeness (QED) is 0.720. The van der Waals surface area contributed by atoms with Gasteiger partial charge in [-0.05, 0) is 23.8 Å². The number of halogens is 1. The topological polar surface area (TPSA) is 83.8 Å². The van der Waals surface area contributed by atoms with E-state index in [4.69, 9.17) is 21.1 Å². The lowest BCUT2D eigenvalue weighted by Crippen LogP contribution is -2.39. The van der Waals surface area contributed by atoms with Crippen LogP contribution in [0.25, 0.3) is 0 Å². The van der Waals surface area contributed by atoms with Crippen molar-refractivity contribution in [1.82, 2.24) is 5.01 Å². The van der Waals surface area contributed by atoms with Gasteiger partial charge in [-0.3, -0.25) is 14.6 Å². The number of hydrogen-bond donors (Lipinski definition) is 0. The summed E-state index contributed by atoms with van der Waals surface area (Å²) in [6.07, 6.45) is 0. The Bertz CT molecular complexity index is 980. The first-order chi connectivity index (χ1) is 13.5. The Labute approximate surface area is 166 Å². The van der Waals surface area contributed by atoms with Crippen LogP contribution in [0.1, 0.15) is 5.56 Å². The number of anilines is 1. The van der Waals surface area contributed by atoms with Gasteiger partial charge in [-0.2, -0.15) is 5.11 Å². The molecule has 1 saturated heterocycles. The normalized spacial score (nSPS) is 20.7. The van der Waals surface area contributed by atoms with E-state index in [1.54, 1.807) is 24.3 Å². The van der Waals surface area contributed by atoms with E-state index in [0.717, 1.165) is 10.5 Å². The van der Waals surface area contributed by atoms with E-state index in [1.165, 1.54) is 19.2 Å². The molecule has 0 radical (unpaired) electrons. The van der Waals surface area contributed by atoms with Gasteiger partial charge >= 0.3 is 0 Å². The highest BCUT2D eigenvalue weighted by atomic mass is 35.5. The fraction of sp³-hybridized carbons (Fsp3) is 0.263. The first kappa shape index (κ1) is 18.2. The largest absolute Gasteiger partial charge is 0.493 e. The molecule has 2 atom stereocenters. The molecule has 0 N–H and O–H groups in total. The monoisotopic (exact) mass is 400 g/mol. The number of ether oxygens (including phenoxy) is 2. The SMILES string of the molecule is COc1ccc(N2C(=O)[C@H]3N=NN(Cc4ccccc4Cl)[C@@H]3C2=O)cc1OC. The first-order valence-electron chi connectivity index (χ1n) is 8.56. The number of methoxy groups -OCH3 is 2. The van der Waals surface area contributed by atoms with Gasteiger partial charge in [0, 0.05) is 11.1 Å². The van der Waals surface area contributed by atoms with Crippen LogP contribution < -0.4 is 14.4 Å². The lowest BCUT2D eigenvalue weighted by Gasteiger charge is -2.21. The fourth-order valence-electron chi connectivity index (χ4n) is 3.37. The lowest BCUT2D eigenvalue weighted by atomic mass is 10.1. The molecule has 0 unspecified atom stereocenters. The van der Waals surface area contributed by atoms with E-state index < -0.39 is 18.0 Å². The van der Waals surface area contributed by atoms with Crippen LogP contribution in [0, 0.1) is 0 Å². The average Bonchev–Trinajstić information content (AvgIpc) is 3.23. The van der Waals surface area contributed by atoms with Crippen LogP contribution in [0.4, 0.5) is 5.69 Å². The van der Waals surface area contributed by atoms with Crippen molar-refractivity contribution < 1.29 is 19.1 Å². The van der Waals surface area contributed by atoms with E-state index in [-0.39, 0.29) is 12.5 Å². The van der Waals surface area contributed by atoms with Crippen molar-refractivity contribution in [3.8, 4) is 11.5 Å². The van der Waals surface area contributed by atoms with Gasteiger partial charge in [-0.1, -0.05) is 35.0 Å².